The summed E-state index contributed by atoms with van der Waals surface area (Å²) in [6.45, 7) is 4.73. The van der Waals surface area contributed by atoms with E-state index in [9.17, 15) is 19.7 Å². The van der Waals surface area contributed by atoms with Crippen molar-refractivity contribution in [2.24, 2.45) is 5.10 Å². The summed E-state index contributed by atoms with van der Waals surface area (Å²) in [7, 11) is 1.63. The summed E-state index contributed by atoms with van der Waals surface area (Å²) in [6.07, 6.45) is 0.678. The molecule has 35 heavy (non-hydrogen) atoms. The first-order valence-electron chi connectivity index (χ1n) is 10.5. The van der Waals surface area contributed by atoms with E-state index in [-0.39, 0.29) is 29.8 Å². The smallest absolute Gasteiger partial charge is 0.433 e. The van der Waals surface area contributed by atoms with Crippen molar-refractivity contribution < 1.29 is 32.4 Å². The average Bonchev–Trinajstić information content (AvgIpc) is 3.54. The molecule has 1 aliphatic rings. The van der Waals surface area contributed by atoms with Crippen molar-refractivity contribution in [2.45, 2.75) is 19.8 Å². The van der Waals surface area contributed by atoms with Crippen LogP contribution < -0.4 is 10.4 Å². The molecule has 12 heteroatoms. The minimum Gasteiger partial charge on any atom is -0.492 e. The summed E-state index contributed by atoms with van der Waals surface area (Å²) in [4.78, 5) is 31.9. The molecule has 12 nitrogen and oxygen atoms in total. The summed E-state index contributed by atoms with van der Waals surface area (Å²) in [6, 6.07) is 9.40. The predicted molar refractivity (Wildman–Crippen MR) is 124 cm³/mol. The van der Waals surface area contributed by atoms with Crippen molar-refractivity contribution in [3.63, 3.8) is 0 Å². The van der Waals surface area contributed by atoms with Crippen molar-refractivity contribution in [1.29, 1.82) is 0 Å². The molecule has 0 spiro atoms. The third-order valence-electron chi connectivity index (χ3n) is 4.99. The van der Waals surface area contributed by atoms with Gasteiger partial charge >= 0.3 is 17.6 Å². The number of methoxy groups -OCH3 is 1. The van der Waals surface area contributed by atoms with Crippen LogP contribution in [0.3, 0.4) is 0 Å². The van der Waals surface area contributed by atoms with Crippen LogP contribution in [0, 0.1) is 10.1 Å². The van der Waals surface area contributed by atoms with E-state index in [2.05, 4.69) is 9.84 Å². The first-order chi connectivity index (χ1) is 16.8. The van der Waals surface area contributed by atoms with Gasteiger partial charge in [0.15, 0.2) is 11.5 Å². The molecule has 0 radical (unpaired) electrons. The molecule has 1 aromatic carbocycles. The standard InChI is InChI=1S/C15H14O4.C8H7N3O5/c1-8(2)14-15(17-3)10-6-9-4-5-13(16)18-11(9)7-12(10)19-14;12-8-10(3-4-15-8)9-5-6-1-2-7(16-6)11(13)14/h4-8H,1-3H3;1-2,5H,3-4H2. The van der Waals surface area contributed by atoms with E-state index in [1.165, 1.54) is 24.4 Å². The molecule has 0 aliphatic carbocycles. The Kier molecular flexibility index (Phi) is 6.53. The van der Waals surface area contributed by atoms with Gasteiger partial charge in [-0.1, -0.05) is 13.8 Å². The van der Waals surface area contributed by atoms with Crippen LogP contribution in [-0.2, 0) is 4.74 Å². The lowest BCUT2D eigenvalue weighted by Crippen LogP contribution is -2.17. The number of fused-ring (bicyclic) bond motifs is 2. The van der Waals surface area contributed by atoms with E-state index in [0.29, 0.717) is 17.7 Å². The van der Waals surface area contributed by atoms with Crippen molar-refractivity contribution in [3.05, 3.63) is 68.5 Å². The first-order valence-corrected chi connectivity index (χ1v) is 10.5. The molecule has 0 N–H and O–H groups in total. The highest BCUT2D eigenvalue weighted by Gasteiger charge is 2.21. The summed E-state index contributed by atoms with van der Waals surface area (Å²) in [5.74, 6) is 1.60. The van der Waals surface area contributed by atoms with Gasteiger partial charge in [0, 0.05) is 23.4 Å². The Hall–Kier alpha value is -4.61. The molecule has 4 heterocycles. The molecule has 182 valence electrons. The third-order valence-corrected chi connectivity index (χ3v) is 4.99. The Balaban J connectivity index is 0.000000168. The fourth-order valence-corrected chi connectivity index (χ4v) is 3.37. The fraction of sp³-hybridized carbons (Fsp3) is 0.261. The lowest BCUT2D eigenvalue weighted by molar-refractivity contribution is -0.402. The Morgan fingerprint density at radius 3 is 2.54 bits per heavy atom. The van der Waals surface area contributed by atoms with Crippen LogP contribution in [0.25, 0.3) is 21.9 Å². The molecule has 4 aromatic rings. The number of ether oxygens (including phenoxy) is 2. The van der Waals surface area contributed by atoms with Crippen molar-refractivity contribution in [2.75, 3.05) is 20.3 Å². The Morgan fingerprint density at radius 2 is 1.91 bits per heavy atom. The zero-order valence-corrected chi connectivity index (χ0v) is 19.0. The third kappa shape index (κ3) is 5.00. The highest BCUT2D eigenvalue weighted by Crippen LogP contribution is 2.38. The fourth-order valence-electron chi connectivity index (χ4n) is 3.37. The maximum atomic E-state index is 11.2. The van der Waals surface area contributed by atoms with Crippen LogP contribution in [0.1, 0.15) is 31.3 Å². The molecule has 0 saturated carbocycles. The summed E-state index contributed by atoms with van der Waals surface area (Å²) < 4.78 is 25.9. The van der Waals surface area contributed by atoms with Crippen molar-refractivity contribution in [1.82, 2.24) is 5.01 Å². The van der Waals surface area contributed by atoms with Gasteiger partial charge in [0.05, 0.1) is 31.3 Å². The number of nitro groups is 1. The Bertz CT molecular complexity index is 1480. The quantitative estimate of drug-likeness (QED) is 0.171. The van der Waals surface area contributed by atoms with Crippen molar-refractivity contribution >= 4 is 40.1 Å². The van der Waals surface area contributed by atoms with Gasteiger partial charge in [-0.2, -0.15) is 10.1 Å². The zero-order chi connectivity index (χ0) is 25.1. The van der Waals surface area contributed by atoms with Crippen LogP contribution in [0.4, 0.5) is 10.7 Å². The van der Waals surface area contributed by atoms with Crippen LogP contribution in [0.15, 0.2) is 59.5 Å². The zero-order valence-electron chi connectivity index (χ0n) is 19.0. The largest absolute Gasteiger partial charge is 0.492 e. The Labute approximate surface area is 197 Å². The van der Waals surface area contributed by atoms with E-state index >= 15 is 0 Å². The van der Waals surface area contributed by atoms with Gasteiger partial charge in [-0.05, 0) is 18.2 Å². The monoisotopic (exact) mass is 483 g/mol. The second kappa shape index (κ2) is 9.71. The van der Waals surface area contributed by atoms with E-state index in [1.807, 2.05) is 19.9 Å². The predicted octanol–water partition coefficient (Wildman–Crippen LogP) is 4.65. The molecule has 3 aromatic heterocycles. The summed E-state index contributed by atoms with van der Waals surface area (Å²) in [5.41, 5.74) is 0.823. The van der Waals surface area contributed by atoms with Gasteiger partial charge in [-0.3, -0.25) is 10.1 Å². The van der Waals surface area contributed by atoms with Gasteiger partial charge in [0.1, 0.15) is 28.5 Å². The number of carbonyl (C=O) groups excluding carboxylic acids is 1. The molecule has 1 amide bonds. The molecule has 0 unspecified atom stereocenters. The van der Waals surface area contributed by atoms with E-state index in [0.717, 1.165) is 27.3 Å². The molecule has 0 bridgehead atoms. The van der Waals surface area contributed by atoms with E-state index in [1.54, 1.807) is 19.2 Å². The van der Waals surface area contributed by atoms with Crippen LogP contribution in [0.5, 0.6) is 5.75 Å². The highest BCUT2D eigenvalue weighted by molar-refractivity contribution is 5.97. The summed E-state index contributed by atoms with van der Waals surface area (Å²) >= 11 is 0. The van der Waals surface area contributed by atoms with Gasteiger partial charge < -0.3 is 22.7 Å². The molecule has 0 atom stereocenters. The van der Waals surface area contributed by atoms with Gasteiger partial charge in [0.25, 0.3) is 0 Å². The minimum absolute atomic E-state index is 0.200. The number of furan rings is 2. The molecule has 1 aliphatic heterocycles. The number of nitrogens with zero attached hydrogens (tertiary/aromatic N) is 3. The van der Waals surface area contributed by atoms with E-state index < -0.39 is 11.0 Å². The SMILES string of the molecule is COc1c(C(C)C)oc2cc3oc(=O)ccc3cc12.O=C1OCCN1N=Cc1ccc([N+](=O)[O-])o1. The van der Waals surface area contributed by atoms with Crippen LogP contribution in [-0.4, -0.2) is 42.5 Å². The number of hydrogen-bond acceptors (Lipinski definition) is 10. The maximum absolute atomic E-state index is 11.2. The first kappa shape index (κ1) is 23.5. The topological polar surface area (TPSA) is 151 Å². The van der Waals surface area contributed by atoms with Gasteiger partial charge in [-0.25, -0.2) is 9.59 Å². The number of rotatable bonds is 5. The number of cyclic esters (lactones) is 1. The molecular formula is C23H21N3O9. The maximum Gasteiger partial charge on any atom is 0.433 e. The van der Waals surface area contributed by atoms with Gasteiger partial charge in [0.2, 0.25) is 0 Å². The average molecular weight is 483 g/mol. The molecule has 1 saturated heterocycles. The minimum atomic E-state index is -0.651. The second-order valence-electron chi connectivity index (χ2n) is 7.71. The number of benzene rings is 1. The summed E-state index contributed by atoms with van der Waals surface area (Å²) in [5, 5.41) is 16.9. The molecule has 1 fully saturated rings. The molecule has 5 rings (SSSR count). The normalized spacial score (nSPS) is 13.5. The lowest BCUT2D eigenvalue weighted by Gasteiger charge is -2.03. The number of hydrogen-bond donors (Lipinski definition) is 0. The molecular weight excluding hydrogens is 462 g/mol. The van der Waals surface area contributed by atoms with Crippen LogP contribution in [0.2, 0.25) is 0 Å². The number of amides is 1. The van der Waals surface area contributed by atoms with Crippen LogP contribution >= 0.6 is 0 Å². The van der Waals surface area contributed by atoms with Gasteiger partial charge in [-0.15, -0.1) is 0 Å². The highest BCUT2D eigenvalue weighted by atomic mass is 16.6. The van der Waals surface area contributed by atoms with E-state index in [4.69, 9.17) is 18.0 Å². The van der Waals surface area contributed by atoms with Crippen molar-refractivity contribution in [3.8, 4) is 5.75 Å². The Morgan fingerprint density at radius 1 is 1.11 bits per heavy atom. The number of hydrazone groups is 1. The lowest BCUT2D eigenvalue weighted by atomic mass is 10.1. The number of carbonyl (C=O) groups is 1. The second-order valence-corrected chi connectivity index (χ2v) is 7.71.